The highest BCUT2D eigenvalue weighted by Gasteiger charge is 2.25. The van der Waals surface area contributed by atoms with E-state index in [2.05, 4.69) is 27.5 Å². The molecule has 0 unspecified atom stereocenters. The van der Waals surface area contributed by atoms with E-state index in [0.717, 1.165) is 23.5 Å². The zero-order valence-electron chi connectivity index (χ0n) is 11.0. The smallest absolute Gasteiger partial charge is 0.251 e. The zero-order valence-corrected chi connectivity index (χ0v) is 11.0. The van der Waals surface area contributed by atoms with Gasteiger partial charge in [0.25, 0.3) is 5.91 Å². The van der Waals surface area contributed by atoms with Gasteiger partial charge in [0, 0.05) is 30.1 Å². The standard InChI is InChI=1S/C14H18N4O/c1-18(12-4-5-12)7-6-15-14(19)10-2-3-11-9-16-17-13(11)8-10/h2-3,8-9,12H,4-7H2,1H3,(H,15,19)(H,16,17). The summed E-state index contributed by atoms with van der Waals surface area (Å²) in [5.74, 6) is -0.0271. The second-order valence-corrected chi connectivity index (χ2v) is 5.14. The van der Waals surface area contributed by atoms with Crippen LogP contribution in [0, 0.1) is 0 Å². The summed E-state index contributed by atoms with van der Waals surface area (Å²) in [4.78, 5) is 14.3. The van der Waals surface area contributed by atoms with Gasteiger partial charge in [-0.05, 0) is 32.0 Å². The number of H-pyrrole nitrogens is 1. The Morgan fingerprint density at radius 3 is 3.16 bits per heavy atom. The third kappa shape index (κ3) is 2.76. The van der Waals surface area contributed by atoms with Crippen molar-refractivity contribution in [3.05, 3.63) is 30.0 Å². The highest BCUT2D eigenvalue weighted by molar-refractivity contribution is 5.97. The number of likely N-dealkylation sites (N-methyl/N-ethyl adjacent to an activating group) is 1. The molecule has 0 aliphatic heterocycles. The van der Waals surface area contributed by atoms with Gasteiger partial charge in [-0.15, -0.1) is 0 Å². The number of carbonyl (C=O) groups excluding carboxylic acids is 1. The number of aromatic amines is 1. The van der Waals surface area contributed by atoms with Gasteiger partial charge in [-0.2, -0.15) is 5.10 Å². The first-order valence-corrected chi connectivity index (χ1v) is 6.65. The van der Waals surface area contributed by atoms with Crippen LogP contribution >= 0.6 is 0 Å². The first-order chi connectivity index (χ1) is 9.24. The number of benzene rings is 1. The van der Waals surface area contributed by atoms with Crippen molar-refractivity contribution >= 4 is 16.8 Å². The van der Waals surface area contributed by atoms with E-state index >= 15 is 0 Å². The van der Waals surface area contributed by atoms with E-state index in [4.69, 9.17) is 0 Å². The summed E-state index contributed by atoms with van der Waals surface area (Å²) in [7, 11) is 2.11. The fourth-order valence-electron chi connectivity index (χ4n) is 2.22. The molecule has 0 spiro atoms. The van der Waals surface area contributed by atoms with Crippen LogP contribution in [0.25, 0.3) is 10.9 Å². The first kappa shape index (κ1) is 12.2. The number of nitrogens with zero attached hydrogens (tertiary/aromatic N) is 2. The van der Waals surface area contributed by atoms with Gasteiger partial charge in [0.1, 0.15) is 0 Å². The predicted octanol–water partition coefficient (Wildman–Crippen LogP) is 1.39. The molecule has 1 fully saturated rings. The minimum absolute atomic E-state index is 0.0271. The summed E-state index contributed by atoms with van der Waals surface area (Å²) >= 11 is 0. The van der Waals surface area contributed by atoms with Gasteiger partial charge >= 0.3 is 0 Å². The molecule has 0 atom stereocenters. The first-order valence-electron chi connectivity index (χ1n) is 6.65. The van der Waals surface area contributed by atoms with Crippen LogP contribution in [0.4, 0.5) is 0 Å². The molecule has 3 rings (SSSR count). The monoisotopic (exact) mass is 258 g/mol. The summed E-state index contributed by atoms with van der Waals surface area (Å²) in [5.41, 5.74) is 1.56. The van der Waals surface area contributed by atoms with Crippen molar-refractivity contribution in [2.45, 2.75) is 18.9 Å². The maximum Gasteiger partial charge on any atom is 0.251 e. The van der Waals surface area contributed by atoms with Crippen molar-refractivity contribution in [1.29, 1.82) is 0 Å². The molecule has 1 aromatic carbocycles. The van der Waals surface area contributed by atoms with Gasteiger partial charge in [0.2, 0.25) is 0 Å². The Morgan fingerprint density at radius 2 is 2.37 bits per heavy atom. The van der Waals surface area contributed by atoms with Gasteiger partial charge in [-0.25, -0.2) is 0 Å². The Kier molecular flexibility index (Phi) is 3.21. The highest BCUT2D eigenvalue weighted by Crippen LogP contribution is 2.24. The molecule has 2 aromatic rings. The van der Waals surface area contributed by atoms with Gasteiger partial charge in [0.05, 0.1) is 11.7 Å². The Balaban J connectivity index is 1.56. The molecule has 0 saturated heterocycles. The Hall–Kier alpha value is -1.88. The average Bonchev–Trinajstić information content (AvgIpc) is 3.16. The molecule has 1 saturated carbocycles. The molecule has 100 valence electrons. The largest absolute Gasteiger partial charge is 0.351 e. The second kappa shape index (κ2) is 5.01. The number of rotatable bonds is 5. The number of hydrogen-bond acceptors (Lipinski definition) is 3. The van der Waals surface area contributed by atoms with E-state index in [9.17, 15) is 4.79 Å². The van der Waals surface area contributed by atoms with E-state index in [1.807, 2.05) is 18.2 Å². The number of carbonyl (C=O) groups is 1. The Labute approximate surface area is 112 Å². The van der Waals surface area contributed by atoms with Crippen molar-refractivity contribution in [3.63, 3.8) is 0 Å². The van der Waals surface area contributed by atoms with Crippen LogP contribution in [-0.4, -0.2) is 47.2 Å². The maximum absolute atomic E-state index is 12.0. The van der Waals surface area contributed by atoms with Crippen LogP contribution in [-0.2, 0) is 0 Å². The average molecular weight is 258 g/mol. The summed E-state index contributed by atoms with van der Waals surface area (Å²) in [6, 6.07) is 6.31. The van der Waals surface area contributed by atoms with E-state index in [1.165, 1.54) is 12.8 Å². The third-order valence-corrected chi connectivity index (χ3v) is 3.62. The van der Waals surface area contributed by atoms with Crippen molar-refractivity contribution in [2.75, 3.05) is 20.1 Å². The van der Waals surface area contributed by atoms with Crippen molar-refractivity contribution in [1.82, 2.24) is 20.4 Å². The fraction of sp³-hybridized carbons (Fsp3) is 0.429. The lowest BCUT2D eigenvalue weighted by Crippen LogP contribution is -2.33. The number of aromatic nitrogens is 2. The van der Waals surface area contributed by atoms with Gasteiger partial charge in [-0.1, -0.05) is 6.07 Å². The van der Waals surface area contributed by atoms with Crippen molar-refractivity contribution in [3.8, 4) is 0 Å². The maximum atomic E-state index is 12.0. The molecule has 0 radical (unpaired) electrons. The number of amides is 1. The SMILES string of the molecule is CN(CCNC(=O)c1ccc2cn[nH]c2c1)C1CC1. The van der Waals surface area contributed by atoms with Gasteiger partial charge in [-0.3, -0.25) is 9.89 Å². The lowest BCUT2D eigenvalue weighted by Gasteiger charge is -2.15. The van der Waals surface area contributed by atoms with Gasteiger partial charge in [0.15, 0.2) is 0 Å². The third-order valence-electron chi connectivity index (χ3n) is 3.62. The topological polar surface area (TPSA) is 61.0 Å². The lowest BCUT2D eigenvalue weighted by molar-refractivity contribution is 0.0949. The number of hydrogen-bond donors (Lipinski definition) is 2. The van der Waals surface area contributed by atoms with E-state index in [1.54, 1.807) is 6.20 Å². The quantitative estimate of drug-likeness (QED) is 0.852. The molecular formula is C14H18N4O. The van der Waals surface area contributed by atoms with E-state index in [0.29, 0.717) is 12.1 Å². The summed E-state index contributed by atoms with van der Waals surface area (Å²) in [6.45, 7) is 1.59. The van der Waals surface area contributed by atoms with Crippen LogP contribution in [0.2, 0.25) is 0 Å². The molecular weight excluding hydrogens is 240 g/mol. The zero-order chi connectivity index (χ0) is 13.2. The van der Waals surface area contributed by atoms with Crippen molar-refractivity contribution in [2.24, 2.45) is 0 Å². The molecule has 0 bridgehead atoms. The number of nitrogens with one attached hydrogen (secondary N) is 2. The van der Waals surface area contributed by atoms with Crippen LogP contribution in [0.5, 0.6) is 0 Å². The lowest BCUT2D eigenvalue weighted by atomic mass is 10.1. The molecule has 19 heavy (non-hydrogen) atoms. The molecule has 1 aliphatic rings. The minimum atomic E-state index is -0.0271. The summed E-state index contributed by atoms with van der Waals surface area (Å²) in [5, 5.41) is 10.8. The molecule has 1 amide bonds. The molecule has 1 heterocycles. The molecule has 2 N–H and O–H groups in total. The summed E-state index contributed by atoms with van der Waals surface area (Å²) < 4.78 is 0. The van der Waals surface area contributed by atoms with Crippen molar-refractivity contribution < 1.29 is 4.79 Å². The molecule has 1 aromatic heterocycles. The normalized spacial score (nSPS) is 15.1. The molecule has 5 heteroatoms. The van der Waals surface area contributed by atoms with Crippen LogP contribution in [0.15, 0.2) is 24.4 Å². The van der Waals surface area contributed by atoms with Gasteiger partial charge < -0.3 is 10.2 Å². The van der Waals surface area contributed by atoms with E-state index < -0.39 is 0 Å². The van der Waals surface area contributed by atoms with Crippen LogP contribution in [0.1, 0.15) is 23.2 Å². The second-order valence-electron chi connectivity index (χ2n) is 5.14. The van der Waals surface area contributed by atoms with Crippen LogP contribution in [0.3, 0.4) is 0 Å². The number of fused-ring (bicyclic) bond motifs is 1. The summed E-state index contributed by atoms with van der Waals surface area (Å²) in [6.07, 6.45) is 4.34. The minimum Gasteiger partial charge on any atom is -0.351 e. The fourth-order valence-corrected chi connectivity index (χ4v) is 2.22. The molecule has 5 nitrogen and oxygen atoms in total. The Morgan fingerprint density at radius 1 is 1.53 bits per heavy atom. The Bertz CT molecular complexity index is 588. The molecule has 1 aliphatic carbocycles. The predicted molar refractivity (Wildman–Crippen MR) is 74.1 cm³/mol. The van der Waals surface area contributed by atoms with Crippen LogP contribution < -0.4 is 5.32 Å². The highest BCUT2D eigenvalue weighted by atomic mass is 16.1. The van der Waals surface area contributed by atoms with E-state index in [-0.39, 0.29) is 5.91 Å².